The van der Waals surface area contributed by atoms with Crippen LogP contribution in [0.3, 0.4) is 0 Å². The molecule has 2 heterocycles. The highest BCUT2D eigenvalue weighted by Gasteiger charge is 2.08. The van der Waals surface area contributed by atoms with Crippen molar-refractivity contribution in [3.05, 3.63) is 64.0 Å². The van der Waals surface area contributed by atoms with E-state index < -0.39 is 0 Å². The monoisotopic (exact) mass is 270 g/mol. The third-order valence-corrected chi connectivity index (χ3v) is 3.40. The highest BCUT2D eigenvalue weighted by molar-refractivity contribution is 6.30. The lowest BCUT2D eigenvalue weighted by molar-refractivity contribution is 0.888. The minimum atomic E-state index is -0.0730. The summed E-state index contributed by atoms with van der Waals surface area (Å²) in [6.07, 6.45) is 1.69. The minimum absolute atomic E-state index is 0.0730. The maximum Gasteiger partial charge on any atom is 0.252 e. The minimum Gasteiger partial charge on any atom is -0.296 e. The van der Waals surface area contributed by atoms with E-state index in [2.05, 4.69) is 4.98 Å². The molecule has 2 aromatic heterocycles. The first-order valence-corrected chi connectivity index (χ1v) is 6.25. The number of aromatic nitrogens is 2. The van der Waals surface area contributed by atoms with E-state index in [1.165, 1.54) is 0 Å². The van der Waals surface area contributed by atoms with Crippen molar-refractivity contribution in [2.24, 2.45) is 7.05 Å². The Labute approximate surface area is 115 Å². The average Bonchev–Trinajstić information content (AvgIpc) is 2.44. The predicted molar refractivity (Wildman–Crippen MR) is 77.4 cm³/mol. The highest BCUT2D eigenvalue weighted by atomic mass is 35.5. The topological polar surface area (TPSA) is 34.9 Å². The first-order valence-electron chi connectivity index (χ1n) is 5.87. The van der Waals surface area contributed by atoms with Crippen LogP contribution < -0.4 is 5.56 Å². The van der Waals surface area contributed by atoms with E-state index in [0.29, 0.717) is 10.7 Å². The van der Waals surface area contributed by atoms with E-state index in [1.807, 2.05) is 36.4 Å². The van der Waals surface area contributed by atoms with Crippen molar-refractivity contribution in [2.75, 3.05) is 0 Å². The molecular weight excluding hydrogens is 260 g/mol. The fraction of sp³-hybridized carbons (Fsp3) is 0.0667. The van der Waals surface area contributed by atoms with Gasteiger partial charge >= 0.3 is 0 Å². The number of halogens is 1. The molecule has 3 rings (SSSR count). The fourth-order valence-electron chi connectivity index (χ4n) is 2.15. The van der Waals surface area contributed by atoms with Crippen LogP contribution in [0.4, 0.5) is 0 Å². The Morgan fingerprint density at radius 3 is 2.63 bits per heavy atom. The van der Waals surface area contributed by atoms with Gasteiger partial charge in [0.2, 0.25) is 0 Å². The molecule has 0 aliphatic rings. The van der Waals surface area contributed by atoms with Crippen molar-refractivity contribution in [3.8, 4) is 11.1 Å². The standard InChI is InChI=1S/C15H11ClN2O/c1-18-14(19)9-13(10-4-6-11(16)7-5-10)12-3-2-8-17-15(12)18/h2-9H,1H3. The van der Waals surface area contributed by atoms with Gasteiger partial charge in [-0.3, -0.25) is 9.36 Å². The zero-order valence-corrected chi connectivity index (χ0v) is 11.1. The molecule has 0 atom stereocenters. The van der Waals surface area contributed by atoms with E-state index in [-0.39, 0.29) is 5.56 Å². The molecule has 0 N–H and O–H groups in total. The van der Waals surface area contributed by atoms with Crippen LogP contribution in [0.2, 0.25) is 5.02 Å². The molecule has 94 valence electrons. The molecule has 0 fully saturated rings. The normalized spacial score (nSPS) is 10.8. The molecule has 0 bridgehead atoms. The van der Waals surface area contributed by atoms with Crippen LogP contribution >= 0.6 is 11.6 Å². The summed E-state index contributed by atoms with van der Waals surface area (Å²) in [5, 5.41) is 1.63. The van der Waals surface area contributed by atoms with Gasteiger partial charge in [0.25, 0.3) is 5.56 Å². The quantitative estimate of drug-likeness (QED) is 0.680. The molecule has 0 spiro atoms. The molecule has 0 radical (unpaired) electrons. The smallest absolute Gasteiger partial charge is 0.252 e. The van der Waals surface area contributed by atoms with Crippen LogP contribution in [0.5, 0.6) is 0 Å². The van der Waals surface area contributed by atoms with Crippen LogP contribution in [0.1, 0.15) is 0 Å². The van der Waals surface area contributed by atoms with Crippen molar-refractivity contribution < 1.29 is 0 Å². The van der Waals surface area contributed by atoms with Gasteiger partial charge in [-0.2, -0.15) is 0 Å². The van der Waals surface area contributed by atoms with Gasteiger partial charge in [0.05, 0.1) is 0 Å². The van der Waals surface area contributed by atoms with Crippen molar-refractivity contribution in [3.63, 3.8) is 0 Å². The SMILES string of the molecule is Cn1c(=O)cc(-c2ccc(Cl)cc2)c2cccnc21. The van der Waals surface area contributed by atoms with Gasteiger partial charge in [-0.1, -0.05) is 23.7 Å². The Hall–Kier alpha value is -2.13. The summed E-state index contributed by atoms with van der Waals surface area (Å²) in [6, 6.07) is 12.9. The second-order valence-corrected chi connectivity index (χ2v) is 4.77. The molecule has 0 aliphatic heterocycles. The highest BCUT2D eigenvalue weighted by Crippen LogP contribution is 2.26. The van der Waals surface area contributed by atoms with Crippen molar-refractivity contribution in [1.82, 2.24) is 9.55 Å². The zero-order valence-electron chi connectivity index (χ0n) is 10.3. The Morgan fingerprint density at radius 1 is 1.16 bits per heavy atom. The molecule has 0 saturated heterocycles. The largest absolute Gasteiger partial charge is 0.296 e. The lowest BCUT2D eigenvalue weighted by Crippen LogP contribution is -2.17. The summed E-state index contributed by atoms with van der Waals surface area (Å²) in [7, 11) is 1.73. The number of rotatable bonds is 1. The molecule has 0 amide bonds. The van der Waals surface area contributed by atoms with Gasteiger partial charge in [0.1, 0.15) is 5.65 Å². The van der Waals surface area contributed by atoms with Crippen LogP contribution in [0, 0.1) is 0 Å². The number of nitrogens with zero attached hydrogens (tertiary/aromatic N) is 2. The number of benzene rings is 1. The number of hydrogen-bond acceptors (Lipinski definition) is 2. The maximum atomic E-state index is 12.0. The Balaban J connectivity index is 2.38. The van der Waals surface area contributed by atoms with Gasteiger partial charge < -0.3 is 0 Å². The summed E-state index contributed by atoms with van der Waals surface area (Å²) in [6.45, 7) is 0. The van der Waals surface area contributed by atoms with Crippen LogP contribution in [0.15, 0.2) is 53.5 Å². The predicted octanol–water partition coefficient (Wildman–Crippen LogP) is 3.25. The second kappa shape index (κ2) is 4.52. The fourth-order valence-corrected chi connectivity index (χ4v) is 2.27. The number of aryl methyl sites for hydroxylation is 1. The van der Waals surface area contributed by atoms with Crippen molar-refractivity contribution in [1.29, 1.82) is 0 Å². The van der Waals surface area contributed by atoms with E-state index in [1.54, 1.807) is 23.9 Å². The first-order chi connectivity index (χ1) is 9.16. The second-order valence-electron chi connectivity index (χ2n) is 4.34. The third kappa shape index (κ3) is 2.02. The molecule has 3 nitrogen and oxygen atoms in total. The molecule has 3 aromatic rings. The Morgan fingerprint density at radius 2 is 1.89 bits per heavy atom. The molecule has 0 aliphatic carbocycles. The molecule has 1 aromatic carbocycles. The Bertz CT molecular complexity index is 806. The number of pyridine rings is 2. The molecular formula is C15H11ClN2O. The van der Waals surface area contributed by atoms with Gasteiger partial charge in [-0.05, 0) is 35.4 Å². The van der Waals surface area contributed by atoms with Gasteiger partial charge in [-0.25, -0.2) is 4.98 Å². The van der Waals surface area contributed by atoms with E-state index >= 15 is 0 Å². The number of fused-ring (bicyclic) bond motifs is 1. The lowest BCUT2D eigenvalue weighted by atomic mass is 10.0. The molecule has 0 saturated carbocycles. The van der Waals surface area contributed by atoms with Gasteiger partial charge in [0, 0.05) is 29.7 Å². The summed E-state index contributed by atoms with van der Waals surface area (Å²) >= 11 is 5.90. The van der Waals surface area contributed by atoms with Crippen LogP contribution in [-0.2, 0) is 7.05 Å². The molecule has 4 heteroatoms. The summed E-state index contributed by atoms with van der Waals surface area (Å²) in [5.74, 6) is 0. The van der Waals surface area contributed by atoms with E-state index in [4.69, 9.17) is 11.6 Å². The third-order valence-electron chi connectivity index (χ3n) is 3.15. The zero-order chi connectivity index (χ0) is 13.4. The van der Waals surface area contributed by atoms with Gasteiger partial charge in [-0.15, -0.1) is 0 Å². The van der Waals surface area contributed by atoms with E-state index in [0.717, 1.165) is 16.5 Å². The summed E-state index contributed by atoms with van der Waals surface area (Å²) in [5.41, 5.74) is 2.44. The van der Waals surface area contributed by atoms with Gasteiger partial charge in [0.15, 0.2) is 0 Å². The Kier molecular flexibility index (Phi) is 2.84. The summed E-state index contributed by atoms with van der Waals surface area (Å²) in [4.78, 5) is 16.3. The molecule has 19 heavy (non-hydrogen) atoms. The van der Waals surface area contributed by atoms with Crippen molar-refractivity contribution >= 4 is 22.6 Å². The summed E-state index contributed by atoms with van der Waals surface area (Å²) < 4.78 is 1.55. The van der Waals surface area contributed by atoms with Crippen LogP contribution in [-0.4, -0.2) is 9.55 Å². The van der Waals surface area contributed by atoms with E-state index in [9.17, 15) is 4.79 Å². The first kappa shape index (κ1) is 11.9. The molecule has 0 unspecified atom stereocenters. The number of hydrogen-bond donors (Lipinski definition) is 0. The average molecular weight is 271 g/mol. The lowest BCUT2D eigenvalue weighted by Gasteiger charge is -2.09. The van der Waals surface area contributed by atoms with Crippen LogP contribution in [0.25, 0.3) is 22.2 Å². The van der Waals surface area contributed by atoms with Crippen molar-refractivity contribution in [2.45, 2.75) is 0 Å². The maximum absolute atomic E-state index is 12.0.